The van der Waals surface area contributed by atoms with Crippen molar-refractivity contribution in [3.8, 4) is 6.07 Å². The molecule has 1 aromatic rings. The molecule has 0 amide bonds. The molecule has 0 heterocycles. The van der Waals surface area contributed by atoms with Gasteiger partial charge in [-0.15, -0.1) is 0 Å². The van der Waals surface area contributed by atoms with Crippen molar-refractivity contribution in [3.05, 3.63) is 35.4 Å². The van der Waals surface area contributed by atoms with E-state index in [9.17, 15) is 8.42 Å². The summed E-state index contributed by atoms with van der Waals surface area (Å²) in [6.45, 7) is 1.75. The fraction of sp³-hybridized carbons (Fsp3) is 0.300. The van der Waals surface area contributed by atoms with Crippen molar-refractivity contribution >= 4 is 10.0 Å². The van der Waals surface area contributed by atoms with E-state index in [1.54, 1.807) is 31.2 Å². The summed E-state index contributed by atoms with van der Waals surface area (Å²) in [7, 11) is -3.20. The summed E-state index contributed by atoms with van der Waals surface area (Å²) in [6, 6.07) is 8.52. The Morgan fingerprint density at radius 1 is 1.33 bits per heavy atom. The number of sulfonamides is 1. The van der Waals surface area contributed by atoms with E-state index in [0.717, 1.165) is 11.8 Å². The van der Waals surface area contributed by atoms with Gasteiger partial charge >= 0.3 is 0 Å². The summed E-state index contributed by atoms with van der Waals surface area (Å²) in [5, 5.41) is 8.59. The number of nitrogens with one attached hydrogen (secondary N) is 1. The number of benzene rings is 1. The lowest BCUT2D eigenvalue weighted by molar-refractivity contribution is 0.573. The standard InChI is InChI=1S/C10H12N2O2S/c1-8(12-15(2,13)14)10-5-3-9(7-11)4-6-10/h3-6,8,12H,1-2H3. The highest BCUT2D eigenvalue weighted by Crippen LogP contribution is 2.13. The van der Waals surface area contributed by atoms with Gasteiger partial charge in [-0.2, -0.15) is 5.26 Å². The zero-order valence-corrected chi connectivity index (χ0v) is 9.38. The van der Waals surface area contributed by atoms with Crippen LogP contribution in [0.3, 0.4) is 0 Å². The zero-order valence-electron chi connectivity index (χ0n) is 8.56. The van der Waals surface area contributed by atoms with Crippen LogP contribution in [0.25, 0.3) is 0 Å². The third kappa shape index (κ3) is 3.70. The van der Waals surface area contributed by atoms with E-state index in [1.807, 2.05) is 6.07 Å². The molecule has 0 spiro atoms. The summed E-state index contributed by atoms with van der Waals surface area (Å²) < 4.78 is 24.4. The minimum Gasteiger partial charge on any atom is -0.213 e. The monoisotopic (exact) mass is 224 g/mol. The van der Waals surface area contributed by atoms with Gasteiger partial charge in [0.15, 0.2) is 0 Å². The summed E-state index contributed by atoms with van der Waals surface area (Å²) in [4.78, 5) is 0. The maximum atomic E-state index is 11.0. The number of rotatable bonds is 3. The van der Waals surface area contributed by atoms with Gasteiger partial charge in [-0.3, -0.25) is 0 Å². The predicted molar refractivity (Wildman–Crippen MR) is 57.6 cm³/mol. The molecule has 1 atom stereocenters. The highest BCUT2D eigenvalue weighted by atomic mass is 32.2. The first-order chi connectivity index (χ1) is 6.92. The predicted octanol–water partition coefficient (Wildman–Crippen LogP) is 1.17. The van der Waals surface area contributed by atoms with Gasteiger partial charge in [-0.1, -0.05) is 12.1 Å². The van der Waals surface area contributed by atoms with Crippen LogP contribution in [0.4, 0.5) is 0 Å². The Kier molecular flexibility index (Phi) is 3.45. The second-order valence-electron chi connectivity index (χ2n) is 3.35. The van der Waals surface area contributed by atoms with Gasteiger partial charge in [-0.25, -0.2) is 13.1 Å². The first-order valence-electron chi connectivity index (χ1n) is 4.40. The summed E-state index contributed by atoms with van der Waals surface area (Å²) in [5.41, 5.74) is 1.39. The lowest BCUT2D eigenvalue weighted by Gasteiger charge is -2.12. The van der Waals surface area contributed by atoms with Crippen molar-refractivity contribution in [2.45, 2.75) is 13.0 Å². The lowest BCUT2D eigenvalue weighted by atomic mass is 10.1. The first kappa shape index (κ1) is 11.7. The Hall–Kier alpha value is -1.38. The highest BCUT2D eigenvalue weighted by Gasteiger charge is 2.10. The highest BCUT2D eigenvalue weighted by molar-refractivity contribution is 7.88. The SMILES string of the molecule is CC(NS(C)(=O)=O)c1ccc(C#N)cc1. The van der Waals surface area contributed by atoms with Crippen molar-refractivity contribution in [2.24, 2.45) is 0 Å². The van der Waals surface area contributed by atoms with Crippen LogP contribution in [0.1, 0.15) is 24.1 Å². The third-order valence-corrected chi connectivity index (χ3v) is 2.71. The van der Waals surface area contributed by atoms with Crippen LogP contribution in [-0.4, -0.2) is 14.7 Å². The third-order valence-electron chi connectivity index (χ3n) is 1.93. The molecule has 0 aromatic heterocycles. The van der Waals surface area contributed by atoms with Crippen molar-refractivity contribution in [1.29, 1.82) is 5.26 Å². The minimum atomic E-state index is -3.20. The molecule has 0 radical (unpaired) electrons. The van der Waals surface area contributed by atoms with E-state index in [0.29, 0.717) is 5.56 Å². The fourth-order valence-electron chi connectivity index (χ4n) is 1.24. The molecule has 1 aromatic carbocycles. The van der Waals surface area contributed by atoms with Crippen LogP contribution >= 0.6 is 0 Å². The van der Waals surface area contributed by atoms with Crippen LogP contribution in [0.15, 0.2) is 24.3 Å². The molecule has 0 saturated heterocycles. The molecule has 1 N–H and O–H groups in total. The summed E-state index contributed by atoms with van der Waals surface area (Å²) >= 11 is 0. The number of nitrogens with zero attached hydrogens (tertiary/aromatic N) is 1. The minimum absolute atomic E-state index is 0.284. The van der Waals surface area contributed by atoms with Gasteiger partial charge in [0.05, 0.1) is 17.9 Å². The Balaban J connectivity index is 2.84. The van der Waals surface area contributed by atoms with Gasteiger partial charge in [0.2, 0.25) is 10.0 Å². The normalized spacial score (nSPS) is 13.1. The average Bonchev–Trinajstić information content (AvgIpc) is 2.15. The molecular weight excluding hydrogens is 212 g/mol. The molecule has 4 nitrogen and oxygen atoms in total. The van der Waals surface area contributed by atoms with Gasteiger partial charge in [0.25, 0.3) is 0 Å². The second kappa shape index (κ2) is 4.43. The van der Waals surface area contributed by atoms with Crippen LogP contribution in [-0.2, 0) is 10.0 Å². The topological polar surface area (TPSA) is 70.0 Å². The van der Waals surface area contributed by atoms with E-state index < -0.39 is 10.0 Å². The Morgan fingerprint density at radius 3 is 2.27 bits per heavy atom. The quantitative estimate of drug-likeness (QED) is 0.837. The van der Waals surface area contributed by atoms with Gasteiger partial charge in [0.1, 0.15) is 0 Å². The molecule has 0 aliphatic rings. The molecular formula is C10H12N2O2S. The smallest absolute Gasteiger partial charge is 0.209 e. The largest absolute Gasteiger partial charge is 0.213 e. The zero-order chi connectivity index (χ0) is 11.5. The molecule has 0 aliphatic heterocycles. The van der Waals surface area contributed by atoms with Crippen molar-refractivity contribution in [2.75, 3.05) is 6.26 Å². The van der Waals surface area contributed by atoms with E-state index >= 15 is 0 Å². The molecule has 0 saturated carbocycles. The molecule has 5 heteroatoms. The number of nitriles is 1. The maximum Gasteiger partial charge on any atom is 0.209 e. The van der Waals surface area contributed by atoms with Crippen LogP contribution < -0.4 is 4.72 Å². The van der Waals surface area contributed by atoms with Gasteiger partial charge < -0.3 is 0 Å². The van der Waals surface area contributed by atoms with Gasteiger partial charge in [-0.05, 0) is 24.6 Å². The second-order valence-corrected chi connectivity index (χ2v) is 5.13. The molecule has 0 bridgehead atoms. The molecule has 1 unspecified atom stereocenters. The summed E-state index contributed by atoms with van der Waals surface area (Å²) in [5.74, 6) is 0. The Labute approximate surface area is 89.6 Å². The van der Waals surface area contributed by atoms with Crippen LogP contribution in [0.5, 0.6) is 0 Å². The number of hydrogen-bond donors (Lipinski definition) is 1. The number of hydrogen-bond acceptors (Lipinski definition) is 3. The lowest BCUT2D eigenvalue weighted by Crippen LogP contribution is -2.25. The Morgan fingerprint density at radius 2 is 1.87 bits per heavy atom. The van der Waals surface area contributed by atoms with E-state index in [4.69, 9.17) is 5.26 Å². The molecule has 15 heavy (non-hydrogen) atoms. The molecule has 0 fully saturated rings. The molecule has 0 aliphatic carbocycles. The maximum absolute atomic E-state index is 11.0. The Bertz CT molecular complexity index is 471. The van der Waals surface area contributed by atoms with Crippen molar-refractivity contribution in [3.63, 3.8) is 0 Å². The molecule has 80 valence electrons. The fourth-order valence-corrected chi connectivity index (χ4v) is 2.01. The van der Waals surface area contributed by atoms with Gasteiger partial charge in [0, 0.05) is 6.04 Å². The van der Waals surface area contributed by atoms with Crippen LogP contribution in [0.2, 0.25) is 0 Å². The molecule has 1 rings (SSSR count). The summed E-state index contributed by atoms with van der Waals surface area (Å²) in [6.07, 6.45) is 1.12. The van der Waals surface area contributed by atoms with Crippen molar-refractivity contribution < 1.29 is 8.42 Å². The van der Waals surface area contributed by atoms with E-state index in [2.05, 4.69) is 4.72 Å². The van der Waals surface area contributed by atoms with E-state index in [1.165, 1.54) is 0 Å². The van der Waals surface area contributed by atoms with E-state index in [-0.39, 0.29) is 6.04 Å². The average molecular weight is 224 g/mol. The van der Waals surface area contributed by atoms with Crippen LogP contribution in [0, 0.1) is 11.3 Å². The first-order valence-corrected chi connectivity index (χ1v) is 6.29. The van der Waals surface area contributed by atoms with Crippen molar-refractivity contribution in [1.82, 2.24) is 4.72 Å².